The molecule has 1 aliphatic carbocycles. The van der Waals surface area contributed by atoms with Gasteiger partial charge in [0.25, 0.3) is 0 Å². The van der Waals surface area contributed by atoms with Gasteiger partial charge in [-0.05, 0) is 74.0 Å². The number of hydrogen-bond donors (Lipinski definition) is 0. The molecule has 8 heteroatoms. The van der Waals surface area contributed by atoms with Crippen molar-refractivity contribution >= 4 is 44.0 Å². The third kappa shape index (κ3) is 6.28. The lowest BCUT2D eigenvalue weighted by molar-refractivity contribution is -0.158. The minimum Gasteiger partial charge on any atom is -0.494 e. The first-order valence-electron chi connectivity index (χ1n) is 14.0. The van der Waals surface area contributed by atoms with Gasteiger partial charge >= 0.3 is 5.97 Å². The van der Waals surface area contributed by atoms with Crippen molar-refractivity contribution in [3.63, 3.8) is 0 Å². The topological polar surface area (TPSA) is 64.1 Å². The standard InChI is InChI=1S/C31H35N3O4S/c35-31(24-5-3-6-24)38-22-37-30-12-10-23-9-11-25(21-27(23)32-30)36-19-2-1-14-33-15-17-34(18-16-33)28-7-4-8-29-26(28)13-20-39-29/h4,7-13,20-21,24H,1-3,5-6,14-19,22H2. The first-order chi connectivity index (χ1) is 19.2. The molecule has 1 aliphatic heterocycles. The number of fused-ring (bicyclic) bond motifs is 2. The van der Waals surface area contributed by atoms with Crippen molar-refractivity contribution in [1.29, 1.82) is 0 Å². The number of rotatable bonds is 11. The van der Waals surface area contributed by atoms with E-state index in [4.69, 9.17) is 14.2 Å². The highest BCUT2D eigenvalue weighted by Gasteiger charge is 2.26. The van der Waals surface area contributed by atoms with Gasteiger partial charge in [-0.25, -0.2) is 4.98 Å². The van der Waals surface area contributed by atoms with Crippen molar-refractivity contribution in [2.45, 2.75) is 32.1 Å². The molecule has 0 atom stereocenters. The van der Waals surface area contributed by atoms with E-state index in [0.717, 1.165) is 81.5 Å². The van der Waals surface area contributed by atoms with Crippen LogP contribution in [0.3, 0.4) is 0 Å². The summed E-state index contributed by atoms with van der Waals surface area (Å²) in [5.41, 5.74) is 2.17. The smallest absolute Gasteiger partial charge is 0.311 e. The number of carbonyl (C=O) groups is 1. The molecule has 3 heterocycles. The Morgan fingerprint density at radius 1 is 0.974 bits per heavy atom. The Morgan fingerprint density at radius 2 is 1.85 bits per heavy atom. The van der Waals surface area contributed by atoms with Gasteiger partial charge in [-0.1, -0.05) is 12.5 Å². The Hall–Kier alpha value is -3.36. The highest BCUT2D eigenvalue weighted by molar-refractivity contribution is 7.17. The van der Waals surface area contributed by atoms with E-state index >= 15 is 0 Å². The zero-order chi connectivity index (χ0) is 26.4. The van der Waals surface area contributed by atoms with Crippen molar-refractivity contribution in [2.24, 2.45) is 5.92 Å². The molecule has 0 N–H and O–H groups in total. The Morgan fingerprint density at radius 3 is 2.69 bits per heavy atom. The van der Waals surface area contributed by atoms with Crippen LogP contribution in [0.25, 0.3) is 21.0 Å². The molecule has 0 unspecified atom stereocenters. The predicted octanol–water partition coefficient (Wildman–Crippen LogP) is 6.11. The van der Waals surface area contributed by atoms with Crippen molar-refractivity contribution in [2.75, 3.05) is 51.0 Å². The number of pyridine rings is 1. The summed E-state index contributed by atoms with van der Waals surface area (Å²) in [4.78, 5) is 21.5. The summed E-state index contributed by atoms with van der Waals surface area (Å²) < 4.78 is 18.2. The first-order valence-corrected chi connectivity index (χ1v) is 14.9. The number of aromatic nitrogens is 1. The number of piperazine rings is 1. The van der Waals surface area contributed by atoms with E-state index in [1.165, 1.54) is 15.8 Å². The molecule has 0 radical (unpaired) electrons. The zero-order valence-corrected chi connectivity index (χ0v) is 23.0. The van der Waals surface area contributed by atoms with Gasteiger partial charge in [-0.15, -0.1) is 11.3 Å². The Balaban J connectivity index is 0.912. The second-order valence-electron chi connectivity index (χ2n) is 10.4. The third-order valence-corrected chi connectivity index (χ3v) is 8.69. The minimum atomic E-state index is -0.174. The molecule has 1 saturated carbocycles. The van der Waals surface area contributed by atoms with Gasteiger partial charge in [0.2, 0.25) is 12.7 Å². The van der Waals surface area contributed by atoms with E-state index in [9.17, 15) is 4.79 Å². The van der Waals surface area contributed by atoms with Crippen LogP contribution in [-0.4, -0.2) is 62.0 Å². The largest absolute Gasteiger partial charge is 0.494 e. The number of hydrogen-bond acceptors (Lipinski definition) is 8. The van der Waals surface area contributed by atoms with Gasteiger partial charge in [0.05, 0.1) is 18.0 Å². The predicted molar refractivity (Wildman–Crippen MR) is 156 cm³/mol. The summed E-state index contributed by atoms with van der Waals surface area (Å²) in [5.74, 6) is 1.11. The van der Waals surface area contributed by atoms with Crippen molar-refractivity contribution in [3.8, 4) is 11.6 Å². The van der Waals surface area contributed by atoms with Gasteiger partial charge in [-0.3, -0.25) is 9.69 Å². The first kappa shape index (κ1) is 25.9. The maximum atomic E-state index is 11.9. The molecule has 39 heavy (non-hydrogen) atoms. The Kier molecular flexibility index (Phi) is 8.11. The van der Waals surface area contributed by atoms with Crippen molar-refractivity contribution in [3.05, 3.63) is 60.0 Å². The summed E-state index contributed by atoms with van der Waals surface area (Å²) >= 11 is 1.81. The Labute approximate surface area is 233 Å². The fourth-order valence-corrected chi connectivity index (χ4v) is 6.06. The SMILES string of the molecule is O=C(OCOc1ccc2ccc(OCCCCN3CCN(c4cccc5sccc45)CC3)cc2n1)C1CCC1. The lowest BCUT2D eigenvalue weighted by Gasteiger charge is -2.36. The lowest BCUT2D eigenvalue weighted by atomic mass is 9.86. The van der Waals surface area contributed by atoms with Crippen LogP contribution in [0.5, 0.6) is 11.6 Å². The van der Waals surface area contributed by atoms with E-state index in [0.29, 0.717) is 12.5 Å². The molecule has 0 spiro atoms. The van der Waals surface area contributed by atoms with Crippen LogP contribution in [-0.2, 0) is 9.53 Å². The van der Waals surface area contributed by atoms with Gasteiger partial charge in [-0.2, -0.15) is 0 Å². The average Bonchev–Trinajstić information content (AvgIpc) is 3.41. The lowest BCUT2D eigenvalue weighted by Crippen LogP contribution is -2.46. The molecule has 2 fully saturated rings. The molecule has 204 valence electrons. The normalized spacial score (nSPS) is 16.4. The van der Waals surface area contributed by atoms with Crippen molar-refractivity contribution in [1.82, 2.24) is 9.88 Å². The van der Waals surface area contributed by atoms with Gasteiger partial charge in [0.15, 0.2) is 0 Å². The van der Waals surface area contributed by atoms with Crippen LogP contribution in [0.15, 0.2) is 60.0 Å². The fraction of sp³-hybridized carbons (Fsp3) is 0.419. The molecule has 2 aromatic heterocycles. The van der Waals surface area contributed by atoms with Crippen LogP contribution in [0.4, 0.5) is 5.69 Å². The number of thiophene rings is 1. The maximum Gasteiger partial charge on any atom is 0.311 e. The molecule has 7 nitrogen and oxygen atoms in total. The van der Waals surface area contributed by atoms with E-state index in [1.54, 1.807) is 6.07 Å². The van der Waals surface area contributed by atoms with Crippen LogP contribution in [0, 0.1) is 5.92 Å². The molecule has 2 aliphatic rings. The number of anilines is 1. The maximum absolute atomic E-state index is 11.9. The van der Waals surface area contributed by atoms with Gasteiger partial charge in [0.1, 0.15) is 5.75 Å². The van der Waals surface area contributed by atoms with Crippen molar-refractivity contribution < 1.29 is 19.0 Å². The number of nitrogens with zero attached hydrogens (tertiary/aromatic N) is 3. The summed E-state index contributed by atoms with van der Waals surface area (Å²) in [7, 11) is 0. The molecule has 0 amide bonds. The van der Waals surface area contributed by atoms with Crippen LogP contribution < -0.4 is 14.4 Å². The highest BCUT2D eigenvalue weighted by atomic mass is 32.1. The number of carbonyl (C=O) groups excluding carboxylic acids is 1. The molecule has 1 saturated heterocycles. The van der Waals surface area contributed by atoms with E-state index in [-0.39, 0.29) is 18.7 Å². The Bertz CT molecular complexity index is 1410. The number of ether oxygens (including phenoxy) is 3. The van der Waals surface area contributed by atoms with E-state index in [2.05, 4.69) is 44.4 Å². The number of unbranched alkanes of at least 4 members (excludes halogenated alkanes) is 1. The fourth-order valence-electron chi connectivity index (χ4n) is 5.25. The summed E-state index contributed by atoms with van der Waals surface area (Å²) in [6.45, 7) is 6.02. The van der Waals surface area contributed by atoms with E-state index < -0.39 is 0 Å². The highest BCUT2D eigenvalue weighted by Crippen LogP contribution is 2.31. The minimum absolute atomic E-state index is 0.0421. The summed E-state index contributed by atoms with van der Waals surface area (Å²) in [5, 5.41) is 4.57. The van der Waals surface area contributed by atoms with Gasteiger partial charge in [0, 0.05) is 59.5 Å². The molecule has 4 aromatic rings. The number of esters is 1. The number of benzene rings is 2. The zero-order valence-electron chi connectivity index (χ0n) is 22.2. The second kappa shape index (κ2) is 12.2. The quantitative estimate of drug-likeness (QED) is 0.128. The van der Waals surface area contributed by atoms with Gasteiger partial charge < -0.3 is 19.1 Å². The molecule has 6 rings (SSSR count). The monoisotopic (exact) mass is 545 g/mol. The summed E-state index contributed by atoms with van der Waals surface area (Å²) in [6, 6.07) is 18.6. The molecule has 0 bridgehead atoms. The molecular weight excluding hydrogens is 510 g/mol. The average molecular weight is 546 g/mol. The molecule has 2 aromatic carbocycles. The third-order valence-electron chi connectivity index (χ3n) is 7.81. The van der Waals surface area contributed by atoms with E-state index in [1.807, 2.05) is 35.6 Å². The molecular formula is C31H35N3O4S. The summed E-state index contributed by atoms with van der Waals surface area (Å²) in [6.07, 6.45) is 5.06. The van der Waals surface area contributed by atoms with Crippen LogP contribution in [0.1, 0.15) is 32.1 Å². The second-order valence-corrected chi connectivity index (χ2v) is 11.3. The van der Waals surface area contributed by atoms with Crippen LogP contribution >= 0.6 is 11.3 Å². The van der Waals surface area contributed by atoms with Crippen LogP contribution in [0.2, 0.25) is 0 Å².